The third-order valence-electron chi connectivity index (χ3n) is 3.51. The normalized spacial score (nSPS) is 10.7. The number of rotatable bonds is 6. The van der Waals surface area contributed by atoms with Crippen LogP contribution in [0, 0.1) is 13.8 Å². The van der Waals surface area contributed by atoms with Gasteiger partial charge in [0.2, 0.25) is 11.8 Å². The van der Waals surface area contributed by atoms with Crippen LogP contribution in [0.15, 0.2) is 6.07 Å². The summed E-state index contributed by atoms with van der Waals surface area (Å²) in [5.41, 5.74) is 9.19. The number of ether oxygens (including phenoxy) is 1. The Kier molecular flexibility index (Phi) is 4.62. The molecule has 0 atom stereocenters. The van der Waals surface area contributed by atoms with Crippen molar-refractivity contribution >= 4 is 11.8 Å². The SMILES string of the molecule is COc1cc(N(C)CCCc2c(C)n[nH]c2C)nc(N)n1. The Labute approximate surface area is 124 Å². The monoisotopic (exact) mass is 290 g/mol. The molecule has 0 aliphatic rings. The summed E-state index contributed by atoms with van der Waals surface area (Å²) < 4.78 is 5.11. The Morgan fingerprint density at radius 2 is 2.10 bits per heavy atom. The Morgan fingerprint density at radius 1 is 1.33 bits per heavy atom. The second kappa shape index (κ2) is 6.43. The lowest BCUT2D eigenvalue weighted by atomic mass is 10.1. The van der Waals surface area contributed by atoms with Crippen molar-refractivity contribution in [3.8, 4) is 5.88 Å². The summed E-state index contributed by atoms with van der Waals surface area (Å²) in [5, 5.41) is 7.23. The minimum Gasteiger partial charge on any atom is -0.481 e. The van der Waals surface area contributed by atoms with Crippen LogP contribution in [-0.4, -0.2) is 40.9 Å². The van der Waals surface area contributed by atoms with Gasteiger partial charge >= 0.3 is 0 Å². The van der Waals surface area contributed by atoms with E-state index < -0.39 is 0 Å². The molecule has 0 fully saturated rings. The van der Waals surface area contributed by atoms with E-state index in [9.17, 15) is 0 Å². The fraction of sp³-hybridized carbons (Fsp3) is 0.500. The fourth-order valence-corrected chi connectivity index (χ4v) is 2.28. The summed E-state index contributed by atoms with van der Waals surface area (Å²) in [6.07, 6.45) is 1.99. The van der Waals surface area contributed by atoms with Crippen LogP contribution in [0.25, 0.3) is 0 Å². The van der Waals surface area contributed by atoms with Crippen molar-refractivity contribution in [2.75, 3.05) is 31.3 Å². The molecule has 0 aliphatic carbocycles. The average Bonchev–Trinajstić information content (AvgIpc) is 2.78. The van der Waals surface area contributed by atoms with Crippen molar-refractivity contribution in [3.05, 3.63) is 23.0 Å². The maximum atomic E-state index is 5.68. The Morgan fingerprint density at radius 3 is 2.71 bits per heavy atom. The van der Waals surface area contributed by atoms with Gasteiger partial charge in [0.1, 0.15) is 5.82 Å². The van der Waals surface area contributed by atoms with E-state index in [1.54, 1.807) is 13.2 Å². The lowest BCUT2D eigenvalue weighted by Crippen LogP contribution is -2.21. The van der Waals surface area contributed by atoms with E-state index in [1.807, 2.05) is 18.9 Å². The summed E-state index contributed by atoms with van der Waals surface area (Å²) in [7, 11) is 3.55. The summed E-state index contributed by atoms with van der Waals surface area (Å²) >= 11 is 0. The number of aromatic amines is 1. The minimum absolute atomic E-state index is 0.220. The summed E-state index contributed by atoms with van der Waals surface area (Å²) in [4.78, 5) is 10.3. The zero-order valence-electron chi connectivity index (χ0n) is 13.0. The fourth-order valence-electron chi connectivity index (χ4n) is 2.28. The van der Waals surface area contributed by atoms with Crippen molar-refractivity contribution in [2.24, 2.45) is 0 Å². The molecule has 2 aromatic heterocycles. The highest BCUT2D eigenvalue weighted by Gasteiger charge is 2.09. The lowest BCUT2D eigenvalue weighted by Gasteiger charge is -2.18. The number of nitrogens with one attached hydrogen (secondary N) is 1. The quantitative estimate of drug-likeness (QED) is 0.837. The van der Waals surface area contributed by atoms with Gasteiger partial charge in [0.25, 0.3) is 0 Å². The number of hydrogen-bond donors (Lipinski definition) is 2. The molecule has 114 valence electrons. The van der Waals surface area contributed by atoms with Gasteiger partial charge in [0, 0.05) is 25.4 Å². The van der Waals surface area contributed by atoms with Crippen LogP contribution < -0.4 is 15.4 Å². The summed E-state index contributed by atoms with van der Waals surface area (Å²) in [6.45, 7) is 4.94. The molecule has 0 amide bonds. The maximum absolute atomic E-state index is 5.68. The van der Waals surface area contributed by atoms with Crippen molar-refractivity contribution < 1.29 is 4.74 Å². The first-order valence-electron chi connectivity index (χ1n) is 6.91. The van der Waals surface area contributed by atoms with E-state index in [-0.39, 0.29) is 5.95 Å². The number of nitrogens with zero attached hydrogens (tertiary/aromatic N) is 4. The molecule has 0 spiro atoms. The molecule has 0 unspecified atom stereocenters. The highest BCUT2D eigenvalue weighted by Crippen LogP contribution is 2.18. The zero-order chi connectivity index (χ0) is 15.4. The van der Waals surface area contributed by atoms with Crippen LogP contribution in [-0.2, 0) is 6.42 Å². The van der Waals surface area contributed by atoms with E-state index in [2.05, 4.69) is 27.1 Å². The van der Waals surface area contributed by atoms with Gasteiger partial charge in [-0.15, -0.1) is 0 Å². The van der Waals surface area contributed by atoms with Gasteiger partial charge in [-0.1, -0.05) is 0 Å². The van der Waals surface area contributed by atoms with Crippen LogP contribution >= 0.6 is 0 Å². The summed E-state index contributed by atoms with van der Waals surface area (Å²) in [6, 6.07) is 1.78. The van der Waals surface area contributed by atoms with Crippen molar-refractivity contribution in [1.29, 1.82) is 0 Å². The molecule has 7 heteroatoms. The van der Waals surface area contributed by atoms with Crippen LogP contribution in [0.5, 0.6) is 5.88 Å². The lowest BCUT2D eigenvalue weighted by molar-refractivity contribution is 0.397. The minimum atomic E-state index is 0.220. The first-order chi connectivity index (χ1) is 10.0. The number of anilines is 2. The third-order valence-corrected chi connectivity index (χ3v) is 3.51. The van der Waals surface area contributed by atoms with Crippen LogP contribution in [0.2, 0.25) is 0 Å². The highest BCUT2D eigenvalue weighted by molar-refractivity contribution is 5.44. The van der Waals surface area contributed by atoms with E-state index in [1.165, 1.54) is 5.56 Å². The Bertz CT molecular complexity index is 590. The zero-order valence-corrected chi connectivity index (χ0v) is 13.0. The third kappa shape index (κ3) is 3.62. The topological polar surface area (TPSA) is 93.0 Å². The second-order valence-electron chi connectivity index (χ2n) is 5.06. The summed E-state index contributed by atoms with van der Waals surface area (Å²) in [5.74, 6) is 1.46. The molecule has 0 saturated carbocycles. The number of aryl methyl sites for hydroxylation is 2. The molecule has 0 saturated heterocycles. The van der Waals surface area contributed by atoms with Gasteiger partial charge in [-0.2, -0.15) is 15.1 Å². The number of hydrogen-bond acceptors (Lipinski definition) is 6. The molecular formula is C14H22N6O. The number of methoxy groups -OCH3 is 1. The molecule has 7 nitrogen and oxygen atoms in total. The Hall–Kier alpha value is -2.31. The smallest absolute Gasteiger partial charge is 0.225 e. The van der Waals surface area contributed by atoms with E-state index in [0.717, 1.165) is 36.6 Å². The van der Waals surface area contributed by atoms with Gasteiger partial charge < -0.3 is 15.4 Å². The number of nitrogens with two attached hydrogens (primary N) is 1. The molecular weight excluding hydrogens is 268 g/mol. The second-order valence-corrected chi connectivity index (χ2v) is 5.06. The molecule has 21 heavy (non-hydrogen) atoms. The van der Waals surface area contributed by atoms with Crippen LogP contribution in [0.3, 0.4) is 0 Å². The first-order valence-corrected chi connectivity index (χ1v) is 6.91. The van der Waals surface area contributed by atoms with Crippen molar-refractivity contribution in [1.82, 2.24) is 20.2 Å². The van der Waals surface area contributed by atoms with E-state index in [0.29, 0.717) is 5.88 Å². The van der Waals surface area contributed by atoms with Gasteiger partial charge in [0.15, 0.2) is 0 Å². The van der Waals surface area contributed by atoms with Crippen molar-refractivity contribution in [2.45, 2.75) is 26.7 Å². The molecule has 0 radical (unpaired) electrons. The number of nitrogen functional groups attached to an aromatic ring is 1. The van der Waals surface area contributed by atoms with E-state index >= 15 is 0 Å². The Balaban J connectivity index is 1.96. The average molecular weight is 290 g/mol. The van der Waals surface area contributed by atoms with E-state index in [4.69, 9.17) is 10.5 Å². The molecule has 0 aromatic carbocycles. The van der Waals surface area contributed by atoms with Crippen LogP contribution in [0.1, 0.15) is 23.4 Å². The van der Waals surface area contributed by atoms with Gasteiger partial charge in [-0.25, -0.2) is 0 Å². The maximum Gasteiger partial charge on any atom is 0.225 e. The molecule has 3 N–H and O–H groups in total. The highest BCUT2D eigenvalue weighted by atomic mass is 16.5. The molecule has 2 heterocycles. The number of H-pyrrole nitrogens is 1. The molecule has 0 bridgehead atoms. The first kappa shape index (κ1) is 15.1. The van der Waals surface area contributed by atoms with Crippen molar-refractivity contribution in [3.63, 3.8) is 0 Å². The molecule has 0 aliphatic heterocycles. The number of aromatic nitrogens is 4. The van der Waals surface area contributed by atoms with Gasteiger partial charge in [0.05, 0.1) is 12.8 Å². The van der Waals surface area contributed by atoms with Gasteiger partial charge in [-0.05, 0) is 32.3 Å². The predicted octanol–water partition coefficient (Wildman–Crippen LogP) is 1.48. The van der Waals surface area contributed by atoms with Crippen LogP contribution in [0.4, 0.5) is 11.8 Å². The van der Waals surface area contributed by atoms with Gasteiger partial charge in [-0.3, -0.25) is 5.10 Å². The molecule has 2 rings (SSSR count). The molecule has 2 aromatic rings. The standard InChI is InChI=1S/C14H22N6O/c1-9-11(10(2)19-18-9)6-5-7-20(3)12-8-13(21-4)17-14(15)16-12/h8H,5-7H2,1-4H3,(H,18,19)(H2,15,16,17). The largest absolute Gasteiger partial charge is 0.481 e. The predicted molar refractivity (Wildman–Crippen MR) is 82.6 cm³/mol.